The summed E-state index contributed by atoms with van der Waals surface area (Å²) in [5.41, 5.74) is 0. The van der Waals surface area contributed by atoms with Crippen LogP contribution in [0.25, 0.3) is 0 Å². The molecule has 1 aromatic carbocycles. The Bertz CT molecular complexity index is 599. The number of nitrogens with zero attached hydrogens (tertiary/aromatic N) is 1. The molecule has 0 amide bonds. The summed E-state index contributed by atoms with van der Waals surface area (Å²) in [5, 5.41) is 3.76. The van der Waals surface area contributed by atoms with E-state index in [0.717, 1.165) is 38.6 Å². The summed E-state index contributed by atoms with van der Waals surface area (Å²) in [7, 11) is -3.52. The van der Waals surface area contributed by atoms with Crippen LogP contribution in [0.3, 0.4) is 0 Å². The molecule has 2 saturated heterocycles. The molecule has 21 heavy (non-hydrogen) atoms. The van der Waals surface area contributed by atoms with Gasteiger partial charge in [0.1, 0.15) is 4.90 Å². The molecule has 2 heterocycles. The number of piperidine rings is 1. The van der Waals surface area contributed by atoms with Crippen LogP contribution in [0.4, 0.5) is 0 Å². The highest BCUT2D eigenvalue weighted by molar-refractivity contribution is 7.89. The fraction of sp³-hybridized carbons (Fsp3) is 0.600. The Labute approximate surface area is 131 Å². The Morgan fingerprint density at radius 1 is 1.14 bits per heavy atom. The summed E-state index contributed by atoms with van der Waals surface area (Å²) in [6.07, 6.45) is 5.13. The standard InChI is InChI=1S/C15H21ClN2O2S/c16-12-6-1-2-9-15(12)21(19,20)18-11-4-3-8-14(18)13-7-5-10-17-13/h1-2,6,9,13-14,17H,3-5,7-8,10-11H2. The monoisotopic (exact) mass is 328 g/mol. The van der Waals surface area contributed by atoms with Gasteiger partial charge in [-0.2, -0.15) is 4.31 Å². The highest BCUT2D eigenvalue weighted by Gasteiger charge is 2.39. The molecule has 4 nitrogen and oxygen atoms in total. The van der Waals surface area contributed by atoms with Gasteiger partial charge in [-0.25, -0.2) is 8.42 Å². The second-order valence-electron chi connectivity index (χ2n) is 5.81. The highest BCUT2D eigenvalue weighted by Crippen LogP contribution is 2.32. The number of rotatable bonds is 3. The lowest BCUT2D eigenvalue weighted by molar-refractivity contribution is 0.211. The Morgan fingerprint density at radius 2 is 1.95 bits per heavy atom. The molecule has 1 N–H and O–H groups in total. The van der Waals surface area contributed by atoms with Crippen LogP contribution >= 0.6 is 11.6 Å². The van der Waals surface area contributed by atoms with Crippen molar-refractivity contribution in [2.75, 3.05) is 13.1 Å². The first kappa shape index (κ1) is 15.3. The molecule has 2 atom stereocenters. The predicted octanol–water partition coefficient (Wildman–Crippen LogP) is 2.64. The first-order valence-corrected chi connectivity index (χ1v) is 9.42. The first-order chi connectivity index (χ1) is 10.1. The lowest BCUT2D eigenvalue weighted by Crippen LogP contribution is -2.52. The average Bonchev–Trinajstić information content (AvgIpc) is 3.01. The Balaban J connectivity index is 1.93. The van der Waals surface area contributed by atoms with E-state index in [1.54, 1.807) is 28.6 Å². The van der Waals surface area contributed by atoms with Crippen molar-refractivity contribution in [3.63, 3.8) is 0 Å². The van der Waals surface area contributed by atoms with E-state index in [9.17, 15) is 8.42 Å². The minimum atomic E-state index is -3.52. The fourth-order valence-corrected chi connectivity index (χ4v) is 5.68. The predicted molar refractivity (Wildman–Crippen MR) is 84.0 cm³/mol. The molecule has 0 spiro atoms. The molecular formula is C15H21ClN2O2S. The van der Waals surface area contributed by atoms with Gasteiger partial charge in [0.25, 0.3) is 0 Å². The minimum Gasteiger partial charge on any atom is -0.312 e. The number of halogens is 1. The van der Waals surface area contributed by atoms with Crippen molar-refractivity contribution in [3.8, 4) is 0 Å². The van der Waals surface area contributed by atoms with Crippen LogP contribution < -0.4 is 5.32 Å². The molecule has 2 fully saturated rings. The van der Waals surface area contributed by atoms with Crippen molar-refractivity contribution >= 4 is 21.6 Å². The lowest BCUT2D eigenvalue weighted by Gasteiger charge is -2.38. The lowest BCUT2D eigenvalue weighted by atomic mass is 9.97. The van der Waals surface area contributed by atoms with E-state index in [2.05, 4.69) is 5.32 Å². The second kappa shape index (κ2) is 6.24. The maximum absolute atomic E-state index is 13.0. The normalized spacial score (nSPS) is 27.9. The number of sulfonamides is 1. The SMILES string of the molecule is O=S(=O)(c1ccccc1Cl)N1CCCCC1C1CCCN1. The summed E-state index contributed by atoms with van der Waals surface area (Å²) in [4.78, 5) is 0.233. The van der Waals surface area contributed by atoms with E-state index in [0.29, 0.717) is 11.6 Å². The fourth-order valence-electron chi connectivity index (χ4n) is 3.45. The Morgan fingerprint density at radius 3 is 2.67 bits per heavy atom. The molecular weight excluding hydrogens is 308 g/mol. The maximum atomic E-state index is 13.0. The van der Waals surface area contributed by atoms with Gasteiger partial charge in [0.2, 0.25) is 10.0 Å². The summed E-state index contributed by atoms with van der Waals surface area (Å²) in [5.74, 6) is 0. The summed E-state index contributed by atoms with van der Waals surface area (Å²) in [6, 6.07) is 7.07. The van der Waals surface area contributed by atoms with Gasteiger partial charge in [0.05, 0.1) is 5.02 Å². The summed E-state index contributed by atoms with van der Waals surface area (Å²) in [6.45, 7) is 1.58. The first-order valence-electron chi connectivity index (χ1n) is 7.60. The second-order valence-corrected chi connectivity index (χ2v) is 8.08. The van der Waals surface area contributed by atoms with E-state index in [1.165, 1.54) is 0 Å². The van der Waals surface area contributed by atoms with E-state index in [-0.39, 0.29) is 17.0 Å². The molecule has 116 valence electrons. The zero-order valence-electron chi connectivity index (χ0n) is 12.0. The van der Waals surface area contributed by atoms with Crippen LogP contribution in [0.5, 0.6) is 0 Å². The van der Waals surface area contributed by atoms with Gasteiger partial charge in [-0.3, -0.25) is 0 Å². The third-order valence-corrected chi connectivity index (χ3v) is 6.91. The van der Waals surface area contributed by atoms with Gasteiger partial charge >= 0.3 is 0 Å². The van der Waals surface area contributed by atoms with Crippen molar-refractivity contribution in [2.45, 2.75) is 49.1 Å². The molecule has 2 unspecified atom stereocenters. The zero-order valence-corrected chi connectivity index (χ0v) is 13.5. The van der Waals surface area contributed by atoms with Gasteiger partial charge in [-0.1, -0.05) is 30.2 Å². The minimum absolute atomic E-state index is 0.0579. The zero-order chi connectivity index (χ0) is 14.9. The number of hydrogen-bond acceptors (Lipinski definition) is 3. The van der Waals surface area contributed by atoms with E-state index < -0.39 is 10.0 Å². The topological polar surface area (TPSA) is 49.4 Å². The molecule has 2 aliphatic rings. The number of hydrogen-bond donors (Lipinski definition) is 1. The number of benzene rings is 1. The van der Waals surface area contributed by atoms with Crippen LogP contribution in [0.1, 0.15) is 32.1 Å². The van der Waals surface area contributed by atoms with Crippen LogP contribution in [-0.4, -0.2) is 37.9 Å². The van der Waals surface area contributed by atoms with Crippen molar-refractivity contribution in [1.82, 2.24) is 9.62 Å². The summed E-state index contributed by atoms with van der Waals surface area (Å²) < 4.78 is 27.7. The van der Waals surface area contributed by atoms with Crippen molar-refractivity contribution in [3.05, 3.63) is 29.3 Å². The molecule has 0 saturated carbocycles. The van der Waals surface area contributed by atoms with E-state index in [4.69, 9.17) is 11.6 Å². The van der Waals surface area contributed by atoms with Crippen molar-refractivity contribution < 1.29 is 8.42 Å². The quantitative estimate of drug-likeness (QED) is 0.928. The smallest absolute Gasteiger partial charge is 0.244 e. The van der Waals surface area contributed by atoms with Crippen LogP contribution in [-0.2, 0) is 10.0 Å². The van der Waals surface area contributed by atoms with Crippen molar-refractivity contribution in [2.24, 2.45) is 0 Å². The van der Waals surface area contributed by atoms with E-state index >= 15 is 0 Å². The Hall–Kier alpha value is -0.620. The molecule has 3 rings (SSSR count). The highest BCUT2D eigenvalue weighted by atomic mass is 35.5. The maximum Gasteiger partial charge on any atom is 0.244 e. The van der Waals surface area contributed by atoms with E-state index in [1.807, 2.05) is 0 Å². The van der Waals surface area contributed by atoms with Crippen LogP contribution in [0, 0.1) is 0 Å². The van der Waals surface area contributed by atoms with Gasteiger partial charge in [0.15, 0.2) is 0 Å². The molecule has 1 aromatic rings. The molecule has 2 aliphatic heterocycles. The summed E-state index contributed by atoms with van der Waals surface area (Å²) >= 11 is 6.11. The van der Waals surface area contributed by atoms with Crippen molar-refractivity contribution in [1.29, 1.82) is 0 Å². The molecule has 6 heteroatoms. The molecule has 0 aliphatic carbocycles. The third kappa shape index (κ3) is 2.97. The average molecular weight is 329 g/mol. The third-order valence-electron chi connectivity index (χ3n) is 4.48. The number of nitrogens with one attached hydrogen (secondary N) is 1. The molecule has 0 radical (unpaired) electrons. The van der Waals surface area contributed by atoms with Gasteiger partial charge in [0, 0.05) is 18.6 Å². The van der Waals surface area contributed by atoms with Crippen LogP contribution in [0.2, 0.25) is 5.02 Å². The largest absolute Gasteiger partial charge is 0.312 e. The molecule has 0 aromatic heterocycles. The Kier molecular flexibility index (Phi) is 4.54. The van der Waals surface area contributed by atoms with Crippen LogP contribution in [0.15, 0.2) is 29.2 Å². The van der Waals surface area contributed by atoms with Gasteiger partial charge < -0.3 is 5.32 Å². The van der Waals surface area contributed by atoms with Gasteiger partial charge in [-0.15, -0.1) is 0 Å². The molecule has 0 bridgehead atoms. The van der Waals surface area contributed by atoms with Gasteiger partial charge in [-0.05, 0) is 44.4 Å².